The van der Waals surface area contributed by atoms with Gasteiger partial charge in [-0.2, -0.15) is 5.01 Å². The van der Waals surface area contributed by atoms with Gasteiger partial charge < -0.3 is 28.6 Å². The molecule has 2 aromatic heterocycles. The lowest BCUT2D eigenvalue weighted by Crippen LogP contribution is -2.54. The van der Waals surface area contributed by atoms with Gasteiger partial charge >= 0.3 is 11.4 Å². The van der Waals surface area contributed by atoms with Gasteiger partial charge in [0.25, 0.3) is 17.4 Å². The number of allylic oxidation sites excluding steroid dienone is 3. The highest BCUT2D eigenvalue weighted by molar-refractivity contribution is 6.12. The molecule has 1 aliphatic carbocycles. The van der Waals surface area contributed by atoms with Gasteiger partial charge in [-0.05, 0) is 54.3 Å². The Kier molecular flexibility index (Phi) is 10.7. The van der Waals surface area contributed by atoms with Crippen LogP contribution in [0.5, 0.6) is 28.7 Å². The molecule has 0 spiro atoms. The van der Waals surface area contributed by atoms with Gasteiger partial charge in [0.2, 0.25) is 5.75 Å². The van der Waals surface area contributed by atoms with Gasteiger partial charge in [-0.15, -0.1) is 0 Å². The van der Waals surface area contributed by atoms with Gasteiger partial charge in [0, 0.05) is 38.1 Å². The van der Waals surface area contributed by atoms with Gasteiger partial charge in [-0.25, -0.2) is 28.5 Å². The van der Waals surface area contributed by atoms with Crippen molar-refractivity contribution in [2.75, 3.05) is 33.9 Å². The summed E-state index contributed by atoms with van der Waals surface area (Å²) >= 11 is 0. The molecule has 4 heterocycles. The zero-order chi connectivity index (χ0) is 45.9. The lowest BCUT2D eigenvalue weighted by Gasteiger charge is -2.47. The van der Waals surface area contributed by atoms with Crippen LogP contribution in [0.15, 0.2) is 111 Å². The molecule has 9 rings (SSSR count). The van der Waals surface area contributed by atoms with Gasteiger partial charge in [0.05, 0.1) is 69.1 Å². The number of aryl methyl sites for hydroxylation is 3. The number of hydrazine groups is 1. The third-order valence-electron chi connectivity index (χ3n) is 13.0. The number of benzene rings is 4. The van der Waals surface area contributed by atoms with Crippen LogP contribution < -0.4 is 41.3 Å². The summed E-state index contributed by atoms with van der Waals surface area (Å²) in [6.45, 7) is 1.76. The Morgan fingerprint density at radius 2 is 1.51 bits per heavy atom. The van der Waals surface area contributed by atoms with Crippen LogP contribution in [0.1, 0.15) is 34.8 Å². The molecule has 65 heavy (non-hydrogen) atoms. The first-order chi connectivity index (χ1) is 31.3. The molecule has 6 aromatic rings. The lowest BCUT2D eigenvalue weighted by atomic mass is 9.54. The van der Waals surface area contributed by atoms with E-state index in [1.165, 1.54) is 42.4 Å². The van der Waals surface area contributed by atoms with E-state index in [-0.39, 0.29) is 48.9 Å². The molecular formula is C48H47N7O10. The Hall–Kier alpha value is -7.82. The maximum Gasteiger partial charge on any atom is 0.347 e. The van der Waals surface area contributed by atoms with Crippen molar-refractivity contribution >= 4 is 34.6 Å². The highest BCUT2D eigenvalue weighted by atomic mass is 16.5. The van der Waals surface area contributed by atoms with E-state index in [9.17, 15) is 24.3 Å². The number of ether oxygens (including phenoxy) is 4. The van der Waals surface area contributed by atoms with Crippen molar-refractivity contribution in [2.24, 2.45) is 18.9 Å². The molecule has 17 nitrogen and oxygen atoms in total. The zero-order valence-corrected chi connectivity index (χ0v) is 36.6. The minimum atomic E-state index is -1.51. The number of phenols is 1. The van der Waals surface area contributed by atoms with Crippen LogP contribution in [0.4, 0.5) is 5.69 Å². The Morgan fingerprint density at radius 1 is 0.846 bits per heavy atom. The molecule has 2 fully saturated rings. The second kappa shape index (κ2) is 16.4. The van der Waals surface area contributed by atoms with E-state index in [0.29, 0.717) is 44.9 Å². The summed E-state index contributed by atoms with van der Waals surface area (Å²) in [4.78, 5) is 77.6. The third kappa shape index (κ3) is 6.68. The Labute approximate surface area is 371 Å². The van der Waals surface area contributed by atoms with E-state index in [2.05, 4.69) is 10.4 Å². The number of aromatic nitrogens is 5. The van der Waals surface area contributed by atoms with Gasteiger partial charge in [-0.3, -0.25) is 19.8 Å². The molecule has 2 amide bonds. The Balaban J connectivity index is 1.16. The number of carbonyl (C=O) groups excluding carboxylic acids is 2. The topological polar surface area (TPSA) is 190 Å². The number of anilines is 1. The molecule has 0 bridgehead atoms. The number of nitrogens with zero attached hydrogens (tertiary/aromatic N) is 6. The Bertz CT molecular complexity index is 3120. The van der Waals surface area contributed by atoms with Crippen LogP contribution in [-0.2, 0) is 41.6 Å². The van der Waals surface area contributed by atoms with Crippen LogP contribution in [0.2, 0.25) is 0 Å². The van der Waals surface area contributed by atoms with Crippen molar-refractivity contribution in [3.63, 3.8) is 0 Å². The number of fused-ring (bicyclic) bond motifs is 5. The largest absolute Gasteiger partial charge is 0.502 e. The first kappa shape index (κ1) is 42.5. The van der Waals surface area contributed by atoms with E-state index in [1.807, 2.05) is 61.5 Å². The van der Waals surface area contributed by atoms with Gasteiger partial charge in [0.15, 0.2) is 23.0 Å². The summed E-state index contributed by atoms with van der Waals surface area (Å²) in [5, 5.41) is 11.8. The number of imide groups is 1. The van der Waals surface area contributed by atoms with Crippen molar-refractivity contribution in [1.82, 2.24) is 28.5 Å². The summed E-state index contributed by atoms with van der Waals surface area (Å²) in [5.41, 5.74) is 4.40. The number of hydrogen-bond donors (Lipinski definition) is 2. The molecule has 4 aromatic carbocycles. The molecule has 2 N–H and O–H groups in total. The van der Waals surface area contributed by atoms with E-state index < -0.39 is 52.0 Å². The molecule has 0 radical (unpaired) electrons. The molecule has 17 heteroatoms. The number of hydrogen-bond acceptors (Lipinski definition) is 12. The predicted octanol–water partition coefficient (Wildman–Crippen LogP) is 4.51. The predicted molar refractivity (Wildman–Crippen MR) is 240 cm³/mol. The van der Waals surface area contributed by atoms with Crippen molar-refractivity contribution < 1.29 is 33.6 Å². The number of rotatable bonds is 12. The summed E-state index contributed by atoms with van der Waals surface area (Å²) in [5.74, 6) is -1.86. The van der Waals surface area contributed by atoms with Crippen molar-refractivity contribution in [1.29, 1.82) is 0 Å². The normalized spacial score (nSPS) is 20.1. The SMILES string of the molecule is COc1cc2nc(CCn3c(=O)n4n(c3=O)[C@@H]3C[C@H]5C(=O)N(Nc6ccc(C)cc6)C(=O)[C@@]5(c5ccccc5)[C@@H](C=Cc5cc(OC)c(O)c(OC)c5)C3=CC4)c(=O)n(C)c2cc1OC. The second-order valence-corrected chi connectivity index (χ2v) is 16.3. The quantitative estimate of drug-likeness (QED) is 0.129. The average molecular weight is 882 g/mol. The summed E-state index contributed by atoms with van der Waals surface area (Å²) in [6.07, 6.45) is 5.43. The van der Waals surface area contributed by atoms with Crippen molar-refractivity contribution in [3.8, 4) is 28.7 Å². The Morgan fingerprint density at radius 3 is 2.17 bits per heavy atom. The second-order valence-electron chi connectivity index (χ2n) is 16.3. The maximum absolute atomic E-state index is 15.4. The van der Waals surface area contributed by atoms with Crippen LogP contribution in [0, 0.1) is 18.8 Å². The first-order valence-corrected chi connectivity index (χ1v) is 21.0. The molecule has 1 saturated heterocycles. The fourth-order valence-electron chi connectivity index (χ4n) is 9.80. The number of carbonyl (C=O) groups is 2. The summed E-state index contributed by atoms with van der Waals surface area (Å²) in [7, 11) is 7.44. The standard InChI is InChI=1S/C48H47N7O10/c1-27-12-15-30(16-13-27)50-54-43(57)33-24-36-31(32(48(33,45(54)59)29-10-8-7-9-11-29)17-14-28-22-40(64-5)42(56)41(23-28)65-6)18-21-53-46(60)52(47(61)55(36)53)20-19-34-44(58)51(2)37-26-39(63-4)38(62-3)25-35(37)49-34/h7-18,22-23,25-26,32-33,36,50,56H,19-21,24H2,1-6H3/t32-,33-,36+,48-/m0/s1. The molecule has 1 saturated carbocycles. The van der Waals surface area contributed by atoms with Gasteiger partial charge in [-0.1, -0.05) is 66.3 Å². The van der Waals surface area contributed by atoms with E-state index in [1.54, 1.807) is 49.5 Å². The molecule has 0 unspecified atom stereocenters. The highest BCUT2D eigenvalue weighted by Gasteiger charge is 2.68. The average Bonchev–Trinajstić information content (AvgIpc) is 3.69. The summed E-state index contributed by atoms with van der Waals surface area (Å²) in [6, 6.07) is 22.2. The monoisotopic (exact) mass is 881 g/mol. The fourth-order valence-corrected chi connectivity index (χ4v) is 9.80. The van der Waals surface area contributed by atoms with E-state index >= 15 is 4.79 Å². The van der Waals surface area contributed by atoms with Crippen LogP contribution in [0.25, 0.3) is 17.1 Å². The highest BCUT2D eigenvalue weighted by Crippen LogP contribution is 2.59. The number of aromatic hydroxyl groups is 1. The van der Waals surface area contributed by atoms with E-state index in [0.717, 1.165) is 15.1 Å². The van der Waals surface area contributed by atoms with Crippen LogP contribution >= 0.6 is 0 Å². The zero-order valence-electron chi connectivity index (χ0n) is 36.6. The first-order valence-electron chi connectivity index (χ1n) is 21.0. The fraction of sp³-hybridized carbons (Fsp3) is 0.292. The summed E-state index contributed by atoms with van der Waals surface area (Å²) < 4.78 is 27.0. The number of phenolic OH excluding ortho intramolecular Hbond substituents is 1. The number of amides is 2. The smallest absolute Gasteiger partial charge is 0.347 e. The third-order valence-corrected chi connectivity index (χ3v) is 13.0. The number of nitrogens with one attached hydrogen (secondary N) is 1. The minimum absolute atomic E-state index is 0.00397. The van der Waals surface area contributed by atoms with Gasteiger partial charge in [0.1, 0.15) is 5.69 Å². The van der Waals surface area contributed by atoms with Crippen molar-refractivity contribution in [2.45, 2.75) is 44.3 Å². The van der Waals surface area contributed by atoms with Crippen LogP contribution in [0.3, 0.4) is 0 Å². The number of methoxy groups -OCH3 is 4. The van der Waals surface area contributed by atoms with Crippen LogP contribution in [-0.4, -0.2) is 73.9 Å². The molecule has 3 aliphatic rings. The maximum atomic E-state index is 15.4. The minimum Gasteiger partial charge on any atom is -0.502 e. The molecule has 2 aliphatic heterocycles. The lowest BCUT2D eigenvalue weighted by molar-refractivity contribution is -0.138. The molecule has 4 atom stereocenters. The molecular weight excluding hydrogens is 835 g/mol. The van der Waals surface area contributed by atoms with Crippen molar-refractivity contribution in [3.05, 3.63) is 150 Å². The van der Waals surface area contributed by atoms with E-state index in [4.69, 9.17) is 18.9 Å². The molecule has 334 valence electrons.